The maximum absolute atomic E-state index is 13.1. The molecular weight excluding hydrogens is 466 g/mol. The Kier molecular flexibility index (Phi) is 7.15. The highest BCUT2D eigenvalue weighted by molar-refractivity contribution is 5.92. The van der Waals surface area contributed by atoms with Gasteiger partial charge in [0.05, 0.1) is 38.6 Å². The van der Waals surface area contributed by atoms with Gasteiger partial charge in [0.2, 0.25) is 5.91 Å². The van der Waals surface area contributed by atoms with Gasteiger partial charge in [-0.2, -0.15) is 0 Å². The molecule has 4 fully saturated rings. The fourth-order valence-corrected chi connectivity index (χ4v) is 7.26. The predicted molar refractivity (Wildman–Crippen MR) is 128 cm³/mol. The third kappa shape index (κ3) is 4.68. The quantitative estimate of drug-likeness (QED) is 0.622. The zero-order valence-corrected chi connectivity index (χ0v) is 21.5. The van der Waals surface area contributed by atoms with E-state index in [4.69, 9.17) is 18.7 Å². The first-order chi connectivity index (χ1) is 17.2. The highest BCUT2D eigenvalue weighted by Gasteiger charge is 2.61. The lowest BCUT2D eigenvalue weighted by Gasteiger charge is -2.63. The molecular formula is C26H39N3O7. The van der Waals surface area contributed by atoms with Crippen LogP contribution in [-0.4, -0.2) is 84.9 Å². The van der Waals surface area contributed by atoms with Gasteiger partial charge in [0, 0.05) is 31.0 Å². The first-order valence-electron chi connectivity index (χ1n) is 13.2. The number of carbonyl (C=O) groups is 2. The van der Waals surface area contributed by atoms with E-state index in [9.17, 15) is 14.7 Å². The molecule has 0 aromatic carbocycles. The normalized spacial score (nSPS) is 38.7. The number of aliphatic hydroxyl groups is 1. The molecule has 1 aromatic heterocycles. The van der Waals surface area contributed by atoms with Crippen LogP contribution in [0.5, 0.6) is 0 Å². The zero-order chi connectivity index (χ0) is 25.5. The molecule has 2 aliphatic heterocycles. The molecule has 0 radical (unpaired) electrons. The predicted octanol–water partition coefficient (Wildman–Crippen LogP) is 1.90. The van der Waals surface area contributed by atoms with E-state index in [-0.39, 0.29) is 52.8 Å². The van der Waals surface area contributed by atoms with Crippen molar-refractivity contribution >= 4 is 11.8 Å². The van der Waals surface area contributed by atoms with Gasteiger partial charge in [0.25, 0.3) is 5.91 Å². The number of nitrogens with zero attached hydrogens (tertiary/aromatic N) is 2. The van der Waals surface area contributed by atoms with E-state index in [1.54, 1.807) is 13.0 Å². The van der Waals surface area contributed by atoms with Gasteiger partial charge in [-0.1, -0.05) is 19.0 Å². The van der Waals surface area contributed by atoms with Gasteiger partial charge in [-0.25, -0.2) is 0 Å². The van der Waals surface area contributed by atoms with E-state index < -0.39 is 12.4 Å². The van der Waals surface area contributed by atoms with Crippen molar-refractivity contribution in [2.45, 2.75) is 71.4 Å². The first-order valence-corrected chi connectivity index (χ1v) is 13.2. The second kappa shape index (κ2) is 10.0. The topological polar surface area (TPSA) is 123 Å². The highest BCUT2D eigenvalue weighted by Crippen LogP contribution is 2.62. The molecule has 1 aromatic rings. The summed E-state index contributed by atoms with van der Waals surface area (Å²) in [5.74, 6) is 0.549. The Bertz CT molecular complexity index is 963. The van der Waals surface area contributed by atoms with Gasteiger partial charge in [-0.3, -0.25) is 9.59 Å². The van der Waals surface area contributed by atoms with Crippen LogP contribution in [0.25, 0.3) is 0 Å². The van der Waals surface area contributed by atoms with Crippen molar-refractivity contribution in [1.29, 1.82) is 0 Å². The van der Waals surface area contributed by atoms with Crippen molar-refractivity contribution in [2.75, 3.05) is 39.5 Å². The molecule has 10 nitrogen and oxygen atoms in total. The summed E-state index contributed by atoms with van der Waals surface area (Å²) < 4.78 is 22.9. The molecule has 7 atom stereocenters. The van der Waals surface area contributed by atoms with Crippen LogP contribution in [0.4, 0.5) is 0 Å². The SMILES string of the molecule is Cc1cc(C(=O)NCC2OCC3(C)C(CCC4(C)C(CC(=O)N5CCOCC5)C(O)CCC34)O2)no1. The van der Waals surface area contributed by atoms with Crippen LogP contribution < -0.4 is 5.32 Å². The smallest absolute Gasteiger partial charge is 0.273 e. The average Bonchev–Trinajstić information content (AvgIpc) is 3.31. The summed E-state index contributed by atoms with van der Waals surface area (Å²) >= 11 is 0. The van der Waals surface area contributed by atoms with Crippen LogP contribution >= 0.6 is 0 Å². The fraction of sp³-hybridized carbons (Fsp3) is 0.808. The van der Waals surface area contributed by atoms with Crippen LogP contribution in [-0.2, 0) is 19.0 Å². The molecule has 200 valence electrons. The molecule has 36 heavy (non-hydrogen) atoms. The van der Waals surface area contributed by atoms with Crippen LogP contribution in [0.3, 0.4) is 0 Å². The second-order valence-electron chi connectivity index (χ2n) is 11.4. The molecule has 4 aliphatic rings. The number of amides is 2. The number of carbonyl (C=O) groups excluding carboxylic acids is 2. The van der Waals surface area contributed by atoms with Gasteiger partial charge in [-0.05, 0) is 49.9 Å². The molecule has 2 saturated heterocycles. The lowest BCUT2D eigenvalue weighted by atomic mass is 9.46. The number of hydrogen-bond acceptors (Lipinski definition) is 8. The van der Waals surface area contributed by atoms with Gasteiger partial charge >= 0.3 is 0 Å². The number of fused-ring (bicyclic) bond motifs is 3. The van der Waals surface area contributed by atoms with E-state index in [1.165, 1.54) is 0 Å². The minimum absolute atomic E-state index is 0.00800. The van der Waals surface area contributed by atoms with E-state index in [0.29, 0.717) is 51.5 Å². The molecule has 7 unspecified atom stereocenters. The van der Waals surface area contributed by atoms with Crippen LogP contribution in [0.2, 0.25) is 0 Å². The number of ether oxygens (including phenoxy) is 3. The van der Waals surface area contributed by atoms with E-state index in [1.807, 2.05) is 4.90 Å². The van der Waals surface area contributed by atoms with E-state index in [0.717, 1.165) is 19.3 Å². The molecule has 2 amide bonds. The van der Waals surface area contributed by atoms with Crippen LogP contribution in [0.1, 0.15) is 62.2 Å². The Morgan fingerprint density at radius 1 is 1.19 bits per heavy atom. The first kappa shape index (κ1) is 25.6. The number of aliphatic hydroxyl groups excluding tert-OH is 1. The van der Waals surface area contributed by atoms with E-state index in [2.05, 4.69) is 24.3 Å². The third-order valence-electron chi connectivity index (χ3n) is 9.28. The number of rotatable bonds is 5. The van der Waals surface area contributed by atoms with Crippen molar-refractivity contribution in [3.63, 3.8) is 0 Å². The summed E-state index contributed by atoms with van der Waals surface area (Å²) in [6.07, 6.45) is 2.62. The Labute approximate surface area is 212 Å². The number of aryl methyl sites for hydroxylation is 1. The molecule has 0 spiro atoms. The molecule has 2 N–H and O–H groups in total. The number of aromatic nitrogens is 1. The highest BCUT2D eigenvalue weighted by atomic mass is 16.7. The molecule has 2 aliphatic carbocycles. The molecule has 2 saturated carbocycles. The van der Waals surface area contributed by atoms with Gasteiger partial charge in [0.1, 0.15) is 5.76 Å². The maximum Gasteiger partial charge on any atom is 0.273 e. The number of morpholine rings is 1. The van der Waals surface area contributed by atoms with Crippen molar-refractivity contribution in [3.05, 3.63) is 17.5 Å². The summed E-state index contributed by atoms with van der Waals surface area (Å²) in [6, 6.07) is 1.59. The average molecular weight is 506 g/mol. The minimum atomic E-state index is -0.530. The van der Waals surface area contributed by atoms with Crippen molar-refractivity contribution in [2.24, 2.45) is 22.7 Å². The molecule has 5 rings (SSSR count). The Hall–Kier alpha value is -2.01. The molecule has 10 heteroatoms. The van der Waals surface area contributed by atoms with E-state index >= 15 is 0 Å². The maximum atomic E-state index is 13.1. The molecule has 0 bridgehead atoms. The summed E-state index contributed by atoms with van der Waals surface area (Å²) in [5.41, 5.74) is -0.166. The lowest BCUT2D eigenvalue weighted by Crippen LogP contribution is -2.63. The largest absolute Gasteiger partial charge is 0.393 e. The Morgan fingerprint density at radius 3 is 2.69 bits per heavy atom. The Morgan fingerprint density at radius 2 is 1.97 bits per heavy atom. The van der Waals surface area contributed by atoms with Gasteiger partial charge in [0.15, 0.2) is 12.0 Å². The third-order valence-corrected chi connectivity index (χ3v) is 9.28. The lowest BCUT2D eigenvalue weighted by molar-refractivity contribution is -0.306. The Balaban J connectivity index is 1.23. The van der Waals surface area contributed by atoms with Crippen LogP contribution in [0, 0.1) is 29.6 Å². The van der Waals surface area contributed by atoms with Crippen molar-refractivity contribution in [1.82, 2.24) is 15.4 Å². The van der Waals surface area contributed by atoms with Crippen LogP contribution in [0.15, 0.2) is 10.6 Å². The fourth-order valence-electron chi connectivity index (χ4n) is 7.26. The minimum Gasteiger partial charge on any atom is -0.393 e. The summed E-state index contributed by atoms with van der Waals surface area (Å²) in [4.78, 5) is 27.3. The summed E-state index contributed by atoms with van der Waals surface area (Å²) in [5, 5.41) is 17.6. The number of nitrogens with one attached hydrogen (secondary N) is 1. The monoisotopic (exact) mass is 505 g/mol. The summed E-state index contributed by atoms with van der Waals surface area (Å²) in [7, 11) is 0. The van der Waals surface area contributed by atoms with Gasteiger partial charge < -0.3 is 34.1 Å². The van der Waals surface area contributed by atoms with Crippen molar-refractivity contribution < 1.29 is 33.4 Å². The summed E-state index contributed by atoms with van der Waals surface area (Å²) in [6.45, 7) is 9.37. The van der Waals surface area contributed by atoms with Crippen molar-refractivity contribution in [3.8, 4) is 0 Å². The second-order valence-corrected chi connectivity index (χ2v) is 11.4. The van der Waals surface area contributed by atoms with Gasteiger partial charge in [-0.15, -0.1) is 0 Å². The standard InChI is InChI=1S/C26H39N3O7/c1-16-12-18(28-36-16)24(32)27-14-23-34-15-26(3)20-5-4-19(30)17(25(20,2)7-6-21(26)35-23)13-22(31)29-8-10-33-11-9-29/h12,17,19-21,23,30H,4-11,13-15H2,1-3H3,(H,27,32). The number of hydrogen-bond donors (Lipinski definition) is 2. The molecule has 3 heterocycles. The zero-order valence-electron chi connectivity index (χ0n) is 21.5.